The SMILES string of the molecule is O=Cc1cn(Cc2ccc(C(=O)O)o2)c2ccc(Br)cc12. The highest BCUT2D eigenvalue weighted by Crippen LogP contribution is 2.25. The van der Waals surface area contributed by atoms with Crippen LogP contribution in [0.15, 0.2) is 45.4 Å². The fourth-order valence-corrected chi connectivity index (χ4v) is 2.63. The summed E-state index contributed by atoms with van der Waals surface area (Å²) >= 11 is 3.38. The van der Waals surface area contributed by atoms with E-state index >= 15 is 0 Å². The van der Waals surface area contributed by atoms with Gasteiger partial charge in [0.1, 0.15) is 5.76 Å². The van der Waals surface area contributed by atoms with E-state index in [4.69, 9.17) is 9.52 Å². The number of fused-ring (bicyclic) bond motifs is 1. The molecule has 0 atom stereocenters. The van der Waals surface area contributed by atoms with Gasteiger partial charge < -0.3 is 14.1 Å². The van der Waals surface area contributed by atoms with Gasteiger partial charge in [-0.2, -0.15) is 0 Å². The number of carbonyl (C=O) groups excluding carboxylic acids is 1. The molecule has 3 rings (SSSR count). The number of furan rings is 1. The number of benzene rings is 1. The molecule has 0 fully saturated rings. The molecule has 6 heteroatoms. The van der Waals surface area contributed by atoms with E-state index in [0.717, 1.165) is 21.7 Å². The Kier molecular flexibility index (Phi) is 3.39. The second-order valence-electron chi connectivity index (χ2n) is 4.56. The zero-order chi connectivity index (χ0) is 15.0. The summed E-state index contributed by atoms with van der Waals surface area (Å²) in [7, 11) is 0. The summed E-state index contributed by atoms with van der Waals surface area (Å²) in [4.78, 5) is 22.0. The van der Waals surface area contributed by atoms with Crippen molar-refractivity contribution in [2.24, 2.45) is 0 Å². The zero-order valence-electron chi connectivity index (χ0n) is 10.7. The highest BCUT2D eigenvalue weighted by Gasteiger charge is 2.12. The Labute approximate surface area is 127 Å². The van der Waals surface area contributed by atoms with Crippen molar-refractivity contribution in [3.8, 4) is 0 Å². The van der Waals surface area contributed by atoms with Crippen LogP contribution in [0.5, 0.6) is 0 Å². The molecule has 0 unspecified atom stereocenters. The first kappa shape index (κ1) is 13.6. The van der Waals surface area contributed by atoms with Crippen LogP contribution in [-0.4, -0.2) is 21.9 Å². The average Bonchev–Trinajstić information content (AvgIpc) is 3.04. The van der Waals surface area contributed by atoms with Gasteiger partial charge in [0.25, 0.3) is 0 Å². The van der Waals surface area contributed by atoms with Gasteiger partial charge in [-0.3, -0.25) is 4.79 Å². The number of halogens is 1. The molecule has 0 amide bonds. The molecule has 0 aliphatic heterocycles. The number of rotatable bonds is 4. The minimum atomic E-state index is -1.10. The van der Waals surface area contributed by atoms with E-state index in [1.54, 1.807) is 12.3 Å². The van der Waals surface area contributed by atoms with Gasteiger partial charge in [-0.25, -0.2) is 4.79 Å². The van der Waals surface area contributed by atoms with Crippen molar-refractivity contribution in [1.82, 2.24) is 4.57 Å². The van der Waals surface area contributed by atoms with Gasteiger partial charge in [0.05, 0.1) is 6.54 Å². The first-order valence-electron chi connectivity index (χ1n) is 6.14. The largest absolute Gasteiger partial charge is 0.475 e. The molecule has 0 spiro atoms. The van der Waals surface area contributed by atoms with Crippen molar-refractivity contribution in [1.29, 1.82) is 0 Å². The smallest absolute Gasteiger partial charge is 0.371 e. The lowest BCUT2D eigenvalue weighted by Gasteiger charge is -2.02. The number of nitrogens with zero attached hydrogens (tertiary/aromatic N) is 1. The topological polar surface area (TPSA) is 72.4 Å². The monoisotopic (exact) mass is 347 g/mol. The van der Waals surface area contributed by atoms with Crippen molar-refractivity contribution in [2.75, 3.05) is 0 Å². The second kappa shape index (κ2) is 5.21. The highest BCUT2D eigenvalue weighted by molar-refractivity contribution is 9.10. The summed E-state index contributed by atoms with van der Waals surface area (Å²) in [6.45, 7) is 0.360. The van der Waals surface area contributed by atoms with Gasteiger partial charge >= 0.3 is 5.97 Å². The quantitative estimate of drug-likeness (QED) is 0.732. The number of hydrogen-bond donors (Lipinski definition) is 1. The van der Waals surface area contributed by atoms with E-state index < -0.39 is 5.97 Å². The molecule has 2 aromatic heterocycles. The normalized spacial score (nSPS) is 10.9. The molecule has 0 aliphatic carbocycles. The van der Waals surface area contributed by atoms with Crippen molar-refractivity contribution in [3.05, 3.63) is 58.1 Å². The van der Waals surface area contributed by atoms with Gasteiger partial charge in [-0.05, 0) is 30.3 Å². The molecule has 5 nitrogen and oxygen atoms in total. The third kappa shape index (κ3) is 2.50. The van der Waals surface area contributed by atoms with Crippen LogP contribution in [0.25, 0.3) is 10.9 Å². The summed E-state index contributed by atoms with van der Waals surface area (Å²) in [5.41, 5.74) is 1.46. The molecule has 1 aromatic carbocycles. The van der Waals surface area contributed by atoms with Crippen LogP contribution >= 0.6 is 15.9 Å². The number of hydrogen-bond acceptors (Lipinski definition) is 3. The fourth-order valence-electron chi connectivity index (χ4n) is 2.27. The van der Waals surface area contributed by atoms with Crippen molar-refractivity contribution in [2.45, 2.75) is 6.54 Å². The van der Waals surface area contributed by atoms with Crippen molar-refractivity contribution < 1.29 is 19.1 Å². The Morgan fingerprint density at radius 3 is 2.81 bits per heavy atom. The van der Waals surface area contributed by atoms with E-state index in [2.05, 4.69) is 15.9 Å². The van der Waals surface area contributed by atoms with Gasteiger partial charge in [0.2, 0.25) is 5.76 Å². The number of carboxylic acid groups (broad SMARTS) is 1. The van der Waals surface area contributed by atoms with Crippen molar-refractivity contribution in [3.63, 3.8) is 0 Å². The maximum Gasteiger partial charge on any atom is 0.371 e. The van der Waals surface area contributed by atoms with Gasteiger partial charge in [0, 0.05) is 27.1 Å². The van der Waals surface area contributed by atoms with E-state index in [-0.39, 0.29) is 5.76 Å². The third-order valence-corrected chi connectivity index (χ3v) is 3.69. The summed E-state index contributed by atoms with van der Waals surface area (Å²) in [5.74, 6) is -0.680. The minimum absolute atomic E-state index is 0.0974. The van der Waals surface area contributed by atoms with Gasteiger partial charge in [0.15, 0.2) is 6.29 Å². The molecule has 21 heavy (non-hydrogen) atoms. The summed E-state index contributed by atoms with van der Waals surface area (Å²) in [6.07, 6.45) is 2.53. The predicted octanol–water partition coefficient (Wildman–Crippen LogP) is 3.56. The molecule has 106 valence electrons. The number of carboxylic acids is 1. The summed E-state index contributed by atoms with van der Waals surface area (Å²) in [5, 5.41) is 9.69. The van der Waals surface area contributed by atoms with Gasteiger partial charge in [-0.15, -0.1) is 0 Å². The molecular formula is C15H10BrNO4. The number of aromatic nitrogens is 1. The first-order valence-corrected chi connectivity index (χ1v) is 6.93. The molecule has 0 radical (unpaired) electrons. The minimum Gasteiger partial charge on any atom is -0.475 e. The Bertz CT molecular complexity index is 847. The lowest BCUT2D eigenvalue weighted by Crippen LogP contribution is -1.97. The number of aldehydes is 1. The van der Waals surface area contributed by atoms with Crippen LogP contribution in [0.4, 0.5) is 0 Å². The van der Waals surface area contributed by atoms with Crippen LogP contribution in [0.3, 0.4) is 0 Å². The van der Waals surface area contributed by atoms with E-state index in [1.807, 2.05) is 22.8 Å². The van der Waals surface area contributed by atoms with E-state index in [0.29, 0.717) is 17.9 Å². The zero-order valence-corrected chi connectivity index (χ0v) is 12.3. The molecule has 2 heterocycles. The Morgan fingerprint density at radius 1 is 1.33 bits per heavy atom. The Morgan fingerprint density at radius 2 is 2.14 bits per heavy atom. The van der Waals surface area contributed by atoms with Gasteiger partial charge in [-0.1, -0.05) is 15.9 Å². The summed E-state index contributed by atoms with van der Waals surface area (Å²) < 4.78 is 7.99. The van der Waals surface area contributed by atoms with E-state index in [1.165, 1.54) is 6.07 Å². The van der Waals surface area contributed by atoms with Crippen LogP contribution < -0.4 is 0 Å². The maximum atomic E-state index is 11.2. The molecule has 3 aromatic rings. The molecule has 0 saturated heterocycles. The highest BCUT2D eigenvalue weighted by atomic mass is 79.9. The van der Waals surface area contributed by atoms with Crippen LogP contribution in [-0.2, 0) is 6.54 Å². The number of carbonyl (C=O) groups is 2. The lowest BCUT2D eigenvalue weighted by atomic mass is 10.2. The fraction of sp³-hybridized carbons (Fsp3) is 0.0667. The predicted molar refractivity (Wildman–Crippen MR) is 79.8 cm³/mol. The van der Waals surface area contributed by atoms with Crippen LogP contribution in [0.1, 0.15) is 26.7 Å². The summed E-state index contributed by atoms with van der Waals surface area (Å²) in [6, 6.07) is 8.70. The standard InChI is InChI=1S/C15H10BrNO4/c16-10-1-3-13-12(5-10)9(8-18)6-17(13)7-11-2-4-14(21-11)15(19)20/h1-6,8H,7H2,(H,19,20). The Hall–Kier alpha value is -2.34. The number of aromatic carboxylic acids is 1. The molecule has 0 aliphatic rings. The third-order valence-electron chi connectivity index (χ3n) is 3.20. The second-order valence-corrected chi connectivity index (χ2v) is 5.48. The average molecular weight is 348 g/mol. The van der Waals surface area contributed by atoms with E-state index in [9.17, 15) is 9.59 Å². The molecular weight excluding hydrogens is 338 g/mol. The van der Waals surface area contributed by atoms with Crippen LogP contribution in [0, 0.1) is 0 Å². The first-order chi connectivity index (χ1) is 10.1. The Balaban J connectivity index is 2.03. The maximum absolute atomic E-state index is 11.2. The van der Waals surface area contributed by atoms with Crippen LogP contribution in [0.2, 0.25) is 0 Å². The molecule has 0 saturated carbocycles. The molecule has 1 N–H and O–H groups in total. The van der Waals surface area contributed by atoms with Crippen molar-refractivity contribution >= 4 is 39.1 Å². The lowest BCUT2D eigenvalue weighted by molar-refractivity contribution is 0.0660. The molecule has 0 bridgehead atoms.